The lowest BCUT2D eigenvalue weighted by atomic mass is 9.89. The second-order valence-electron chi connectivity index (χ2n) is 5.21. The summed E-state index contributed by atoms with van der Waals surface area (Å²) in [7, 11) is -2.96. The molecule has 0 heterocycles. The first-order valence-corrected chi connectivity index (χ1v) is 8.24. The quantitative estimate of drug-likeness (QED) is 0.746. The Hall–Kier alpha value is -0.0900. The van der Waals surface area contributed by atoms with Crippen molar-refractivity contribution in [1.29, 1.82) is 0 Å². The van der Waals surface area contributed by atoms with Gasteiger partial charge >= 0.3 is 0 Å². The zero-order chi connectivity index (χ0) is 11.6. The van der Waals surface area contributed by atoms with E-state index >= 15 is 0 Å². The van der Waals surface area contributed by atoms with Gasteiger partial charge in [-0.2, -0.15) is 4.31 Å². The largest absolute Gasteiger partial charge is 0.214 e. The summed E-state index contributed by atoms with van der Waals surface area (Å²) in [6.07, 6.45) is 8.51. The monoisotopic (exact) mass is 245 g/mol. The summed E-state index contributed by atoms with van der Waals surface area (Å²) in [5.41, 5.74) is 0. The van der Waals surface area contributed by atoms with Crippen LogP contribution in [0.5, 0.6) is 0 Å². The lowest BCUT2D eigenvalue weighted by Gasteiger charge is -2.28. The third kappa shape index (κ3) is 2.98. The van der Waals surface area contributed by atoms with Crippen molar-refractivity contribution in [2.45, 2.75) is 57.9 Å². The normalized spacial score (nSPS) is 23.9. The third-order valence-electron chi connectivity index (χ3n) is 3.84. The topological polar surface area (TPSA) is 37.4 Å². The van der Waals surface area contributed by atoms with Crippen molar-refractivity contribution >= 4 is 10.0 Å². The molecule has 2 aliphatic rings. The van der Waals surface area contributed by atoms with Gasteiger partial charge in [-0.3, -0.25) is 0 Å². The first kappa shape index (κ1) is 12.4. The van der Waals surface area contributed by atoms with Gasteiger partial charge in [0.1, 0.15) is 0 Å². The van der Waals surface area contributed by atoms with Gasteiger partial charge < -0.3 is 0 Å². The molecule has 94 valence electrons. The van der Waals surface area contributed by atoms with E-state index in [1.54, 1.807) is 6.92 Å². The molecule has 0 saturated heterocycles. The van der Waals surface area contributed by atoms with Crippen LogP contribution >= 0.6 is 0 Å². The molecule has 0 N–H and O–H groups in total. The van der Waals surface area contributed by atoms with Gasteiger partial charge in [-0.15, -0.1) is 0 Å². The van der Waals surface area contributed by atoms with Crippen LogP contribution in [0.15, 0.2) is 0 Å². The molecule has 0 spiro atoms. The molecule has 16 heavy (non-hydrogen) atoms. The fourth-order valence-electron chi connectivity index (χ4n) is 2.64. The summed E-state index contributed by atoms with van der Waals surface area (Å²) in [6, 6.07) is 0.340. The average Bonchev–Trinajstić information content (AvgIpc) is 3.11. The number of hydrogen-bond donors (Lipinski definition) is 0. The van der Waals surface area contributed by atoms with Gasteiger partial charge in [0.05, 0.1) is 5.75 Å². The van der Waals surface area contributed by atoms with E-state index in [0.717, 1.165) is 19.4 Å². The zero-order valence-corrected chi connectivity index (χ0v) is 11.0. The van der Waals surface area contributed by atoms with Crippen molar-refractivity contribution in [3.8, 4) is 0 Å². The van der Waals surface area contributed by atoms with Crippen molar-refractivity contribution in [3.63, 3.8) is 0 Å². The van der Waals surface area contributed by atoms with Crippen molar-refractivity contribution in [2.75, 3.05) is 12.3 Å². The molecule has 2 fully saturated rings. The summed E-state index contributed by atoms with van der Waals surface area (Å²) < 4.78 is 25.8. The van der Waals surface area contributed by atoms with E-state index in [1.165, 1.54) is 32.1 Å². The smallest absolute Gasteiger partial charge is 0.212 e. The Labute approximate surface area is 99.3 Å². The van der Waals surface area contributed by atoms with E-state index in [4.69, 9.17) is 0 Å². The van der Waals surface area contributed by atoms with Gasteiger partial charge in [0.2, 0.25) is 10.0 Å². The number of rotatable bonds is 5. The molecule has 0 amide bonds. The molecule has 0 atom stereocenters. The highest BCUT2D eigenvalue weighted by molar-refractivity contribution is 7.89. The Morgan fingerprint density at radius 3 is 2.19 bits per heavy atom. The summed E-state index contributed by atoms with van der Waals surface area (Å²) in [5, 5.41) is 0. The molecule has 0 aromatic carbocycles. The van der Waals surface area contributed by atoms with Crippen molar-refractivity contribution < 1.29 is 8.42 Å². The van der Waals surface area contributed by atoms with Crippen LogP contribution in [0.1, 0.15) is 51.9 Å². The zero-order valence-electron chi connectivity index (χ0n) is 10.2. The molecule has 4 heteroatoms. The van der Waals surface area contributed by atoms with Crippen molar-refractivity contribution in [2.24, 2.45) is 5.92 Å². The number of nitrogens with zero attached hydrogens (tertiary/aromatic N) is 1. The van der Waals surface area contributed by atoms with Gasteiger partial charge in [0, 0.05) is 12.6 Å². The average molecular weight is 245 g/mol. The lowest BCUT2D eigenvalue weighted by molar-refractivity contribution is 0.274. The van der Waals surface area contributed by atoms with Crippen molar-refractivity contribution in [3.05, 3.63) is 0 Å². The summed E-state index contributed by atoms with van der Waals surface area (Å²) in [4.78, 5) is 0. The second-order valence-corrected chi connectivity index (χ2v) is 7.42. The van der Waals surface area contributed by atoms with E-state index in [1.807, 2.05) is 4.31 Å². The van der Waals surface area contributed by atoms with Gasteiger partial charge in [-0.05, 0) is 38.5 Å². The van der Waals surface area contributed by atoms with E-state index < -0.39 is 10.0 Å². The highest BCUT2D eigenvalue weighted by Crippen LogP contribution is 2.33. The molecule has 2 aliphatic carbocycles. The van der Waals surface area contributed by atoms with E-state index in [0.29, 0.717) is 12.0 Å². The Morgan fingerprint density at radius 1 is 1.06 bits per heavy atom. The van der Waals surface area contributed by atoms with Gasteiger partial charge in [-0.25, -0.2) is 8.42 Å². The molecule has 3 nitrogen and oxygen atoms in total. The Morgan fingerprint density at radius 2 is 1.69 bits per heavy atom. The lowest BCUT2D eigenvalue weighted by Crippen LogP contribution is -2.38. The van der Waals surface area contributed by atoms with Crippen LogP contribution in [0.3, 0.4) is 0 Å². The minimum absolute atomic E-state index is 0.260. The van der Waals surface area contributed by atoms with Crippen LogP contribution in [0, 0.1) is 5.92 Å². The minimum Gasteiger partial charge on any atom is -0.212 e. The maximum Gasteiger partial charge on any atom is 0.214 e. The first-order valence-electron chi connectivity index (χ1n) is 6.63. The number of sulfonamides is 1. The predicted molar refractivity (Wildman–Crippen MR) is 65.8 cm³/mol. The Kier molecular flexibility index (Phi) is 3.90. The minimum atomic E-state index is -2.96. The first-order chi connectivity index (χ1) is 7.63. The molecule has 0 aliphatic heterocycles. The third-order valence-corrected chi connectivity index (χ3v) is 5.73. The Balaban J connectivity index is 1.97. The molecule has 0 unspecified atom stereocenters. The van der Waals surface area contributed by atoms with Gasteiger partial charge in [0.15, 0.2) is 0 Å². The fraction of sp³-hybridized carbons (Fsp3) is 1.00. The standard InChI is InChI=1S/C12H23NO2S/c1-2-16(14,15)13(12-8-9-12)10-11-6-4-3-5-7-11/h11-12H,2-10H2,1H3. The van der Waals surface area contributed by atoms with E-state index in [-0.39, 0.29) is 5.75 Å². The van der Waals surface area contributed by atoms with Crippen molar-refractivity contribution in [1.82, 2.24) is 4.31 Å². The van der Waals surface area contributed by atoms with Crippen LogP contribution in [0.2, 0.25) is 0 Å². The second kappa shape index (κ2) is 5.05. The predicted octanol–water partition coefficient (Wildman–Crippen LogP) is 2.38. The van der Waals surface area contributed by atoms with Gasteiger partial charge in [-0.1, -0.05) is 19.3 Å². The van der Waals surface area contributed by atoms with Gasteiger partial charge in [0.25, 0.3) is 0 Å². The fourth-order valence-corrected chi connectivity index (χ4v) is 4.08. The van der Waals surface area contributed by atoms with E-state index in [9.17, 15) is 8.42 Å². The molecule has 0 aromatic heterocycles. The molecule has 0 aromatic rings. The SMILES string of the molecule is CCS(=O)(=O)N(CC1CCCCC1)C1CC1. The van der Waals surface area contributed by atoms with E-state index in [2.05, 4.69) is 0 Å². The van der Waals surface area contributed by atoms with Crippen LogP contribution in [-0.4, -0.2) is 31.1 Å². The highest BCUT2D eigenvalue weighted by atomic mass is 32.2. The molecular weight excluding hydrogens is 222 g/mol. The molecule has 0 bridgehead atoms. The molecule has 2 saturated carbocycles. The van der Waals surface area contributed by atoms with Crippen LogP contribution in [0.4, 0.5) is 0 Å². The maximum atomic E-state index is 12.0. The summed E-state index contributed by atoms with van der Waals surface area (Å²) in [5.74, 6) is 0.881. The summed E-state index contributed by atoms with van der Waals surface area (Å²) >= 11 is 0. The van der Waals surface area contributed by atoms with Crippen LogP contribution < -0.4 is 0 Å². The number of hydrogen-bond acceptors (Lipinski definition) is 2. The maximum absolute atomic E-state index is 12.0. The highest BCUT2D eigenvalue weighted by Gasteiger charge is 2.37. The molecular formula is C12H23NO2S. The molecule has 2 rings (SSSR count). The van der Waals surface area contributed by atoms with Crippen LogP contribution in [0.25, 0.3) is 0 Å². The van der Waals surface area contributed by atoms with Crippen LogP contribution in [-0.2, 0) is 10.0 Å². The molecule has 0 radical (unpaired) electrons. The summed E-state index contributed by atoms with van der Waals surface area (Å²) in [6.45, 7) is 2.55. The Bertz CT molecular complexity index is 316.